The minimum Gasteiger partial charge on any atom is -0.326 e. The van der Waals surface area contributed by atoms with Crippen molar-refractivity contribution < 1.29 is 8.78 Å². The molecule has 0 aliphatic carbocycles. The van der Waals surface area contributed by atoms with Crippen molar-refractivity contribution in [3.8, 4) is 11.1 Å². The lowest BCUT2D eigenvalue weighted by atomic mass is 10.0. The Hall–Kier alpha value is -1.74. The van der Waals surface area contributed by atoms with Crippen LogP contribution in [0.15, 0.2) is 48.5 Å². The monoisotopic (exact) mass is 247 g/mol. The molecule has 2 rings (SSSR count). The van der Waals surface area contributed by atoms with E-state index in [0.717, 1.165) is 23.6 Å². The first-order valence-electron chi connectivity index (χ1n) is 5.78. The topological polar surface area (TPSA) is 26.0 Å². The lowest BCUT2D eigenvalue weighted by molar-refractivity contribution is 0.0175. The molecular formula is C15H15F2N. The second-order valence-electron chi connectivity index (χ2n) is 4.37. The molecule has 0 amide bonds. The van der Waals surface area contributed by atoms with E-state index in [1.807, 2.05) is 24.3 Å². The SMILES string of the molecule is CC(F)(F)c1ccc(-c2ccc(CN)cc2)cc1. The molecule has 0 spiro atoms. The van der Waals surface area contributed by atoms with Gasteiger partial charge in [-0.3, -0.25) is 0 Å². The van der Waals surface area contributed by atoms with E-state index in [4.69, 9.17) is 5.73 Å². The number of nitrogens with two attached hydrogens (primary N) is 1. The number of halogens is 2. The highest BCUT2D eigenvalue weighted by molar-refractivity contribution is 5.64. The van der Waals surface area contributed by atoms with Gasteiger partial charge in [-0.2, -0.15) is 0 Å². The summed E-state index contributed by atoms with van der Waals surface area (Å²) in [6, 6.07) is 14.1. The second-order valence-corrected chi connectivity index (χ2v) is 4.37. The van der Waals surface area contributed by atoms with Gasteiger partial charge in [-0.25, -0.2) is 8.78 Å². The van der Waals surface area contributed by atoms with Crippen LogP contribution in [0.1, 0.15) is 18.1 Å². The smallest absolute Gasteiger partial charge is 0.270 e. The summed E-state index contributed by atoms with van der Waals surface area (Å²) >= 11 is 0. The highest BCUT2D eigenvalue weighted by Crippen LogP contribution is 2.29. The zero-order valence-corrected chi connectivity index (χ0v) is 10.2. The molecule has 0 fully saturated rings. The third kappa shape index (κ3) is 2.74. The summed E-state index contributed by atoms with van der Waals surface area (Å²) in [7, 11) is 0. The van der Waals surface area contributed by atoms with Crippen LogP contribution in [0, 0.1) is 0 Å². The summed E-state index contributed by atoms with van der Waals surface area (Å²) in [6.45, 7) is 1.40. The van der Waals surface area contributed by atoms with E-state index in [2.05, 4.69) is 0 Å². The van der Waals surface area contributed by atoms with Crippen LogP contribution >= 0.6 is 0 Å². The third-order valence-electron chi connectivity index (χ3n) is 2.91. The van der Waals surface area contributed by atoms with Crippen molar-refractivity contribution in [2.24, 2.45) is 5.73 Å². The molecule has 2 aromatic rings. The largest absolute Gasteiger partial charge is 0.326 e. The Morgan fingerprint density at radius 3 is 1.72 bits per heavy atom. The maximum absolute atomic E-state index is 13.1. The van der Waals surface area contributed by atoms with Crippen molar-refractivity contribution in [3.63, 3.8) is 0 Å². The van der Waals surface area contributed by atoms with E-state index in [1.165, 1.54) is 12.1 Å². The summed E-state index contributed by atoms with van der Waals surface area (Å²) in [5, 5.41) is 0. The van der Waals surface area contributed by atoms with Gasteiger partial charge in [-0.1, -0.05) is 48.5 Å². The quantitative estimate of drug-likeness (QED) is 0.874. The number of rotatable bonds is 3. The van der Waals surface area contributed by atoms with Crippen LogP contribution in [0.3, 0.4) is 0 Å². The molecule has 3 heteroatoms. The fourth-order valence-electron chi connectivity index (χ4n) is 1.79. The van der Waals surface area contributed by atoms with E-state index in [1.54, 1.807) is 12.1 Å². The first-order chi connectivity index (χ1) is 8.50. The van der Waals surface area contributed by atoms with Crippen LogP contribution in [0.2, 0.25) is 0 Å². The average Bonchev–Trinajstić information content (AvgIpc) is 2.38. The summed E-state index contributed by atoms with van der Waals surface area (Å²) in [5.74, 6) is -2.79. The summed E-state index contributed by atoms with van der Waals surface area (Å²) in [6.07, 6.45) is 0. The Morgan fingerprint density at radius 2 is 1.33 bits per heavy atom. The molecule has 1 nitrogen and oxygen atoms in total. The molecule has 0 aliphatic rings. The van der Waals surface area contributed by atoms with Gasteiger partial charge in [0.1, 0.15) is 0 Å². The lowest BCUT2D eigenvalue weighted by Crippen LogP contribution is -2.06. The average molecular weight is 247 g/mol. The van der Waals surface area contributed by atoms with Crippen LogP contribution in [0.25, 0.3) is 11.1 Å². The first-order valence-corrected chi connectivity index (χ1v) is 5.78. The molecule has 94 valence electrons. The minimum atomic E-state index is -2.79. The van der Waals surface area contributed by atoms with Gasteiger partial charge in [0.2, 0.25) is 0 Å². The minimum absolute atomic E-state index is 0.0322. The zero-order valence-electron chi connectivity index (χ0n) is 10.2. The van der Waals surface area contributed by atoms with Crippen molar-refractivity contribution in [3.05, 3.63) is 59.7 Å². The molecule has 0 unspecified atom stereocenters. The third-order valence-corrected chi connectivity index (χ3v) is 2.91. The van der Waals surface area contributed by atoms with Gasteiger partial charge in [-0.05, 0) is 16.7 Å². The first kappa shape index (κ1) is 12.7. The Balaban J connectivity index is 2.28. The Labute approximate surface area is 105 Å². The molecule has 0 saturated carbocycles. The van der Waals surface area contributed by atoms with Gasteiger partial charge < -0.3 is 5.73 Å². The Bertz CT molecular complexity index is 510. The predicted octanol–water partition coefficient (Wildman–Crippen LogP) is 3.92. The van der Waals surface area contributed by atoms with E-state index < -0.39 is 5.92 Å². The second kappa shape index (κ2) is 4.86. The lowest BCUT2D eigenvalue weighted by Gasteiger charge is -2.11. The fourth-order valence-corrected chi connectivity index (χ4v) is 1.79. The molecule has 18 heavy (non-hydrogen) atoms. The molecule has 0 atom stereocenters. The fraction of sp³-hybridized carbons (Fsp3) is 0.200. The number of benzene rings is 2. The molecule has 0 radical (unpaired) electrons. The molecular weight excluding hydrogens is 232 g/mol. The molecule has 0 heterocycles. The predicted molar refractivity (Wildman–Crippen MR) is 69.3 cm³/mol. The van der Waals surface area contributed by atoms with Gasteiger partial charge >= 0.3 is 0 Å². The highest BCUT2D eigenvalue weighted by Gasteiger charge is 2.23. The zero-order chi connectivity index (χ0) is 13.2. The van der Waals surface area contributed by atoms with Crippen molar-refractivity contribution in [2.75, 3.05) is 0 Å². The Morgan fingerprint density at radius 1 is 0.889 bits per heavy atom. The molecule has 2 aromatic carbocycles. The summed E-state index contributed by atoms with van der Waals surface area (Å²) in [5.41, 5.74) is 8.53. The van der Waals surface area contributed by atoms with Gasteiger partial charge in [0.25, 0.3) is 5.92 Å². The van der Waals surface area contributed by atoms with Gasteiger partial charge in [0.15, 0.2) is 0 Å². The van der Waals surface area contributed by atoms with Crippen LogP contribution < -0.4 is 5.73 Å². The summed E-state index contributed by atoms with van der Waals surface area (Å²) in [4.78, 5) is 0. The van der Waals surface area contributed by atoms with Crippen LogP contribution in [-0.2, 0) is 12.5 Å². The van der Waals surface area contributed by atoms with Crippen LogP contribution in [0.4, 0.5) is 8.78 Å². The van der Waals surface area contributed by atoms with Gasteiger partial charge in [0.05, 0.1) is 0 Å². The molecule has 0 saturated heterocycles. The molecule has 0 aromatic heterocycles. The number of hydrogen-bond donors (Lipinski definition) is 1. The maximum Gasteiger partial charge on any atom is 0.270 e. The van der Waals surface area contributed by atoms with E-state index in [9.17, 15) is 8.78 Å². The van der Waals surface area contributed by atoms with E-state index in [-0.39, 0.29) is 5.56 Å². The van der Waals surface area contributed by atoms with Crippen LogP contribution in [-0.4, -0.2) is 0 Å². The summed E-state index contributed by atoms with van der Waals surface area (Å²) < 4.78 is 26.1. The Kier molecular flexibility index (Phi) is 3.43. The molecule has 0 aliphatic heterocycles. The maximum atomic E-state index is 13.1. The van der Waals surface area contributed by atoms with Crippen LogP contribution in [0.5, 0.6) is 0 Å². The normalized spacial score (nSPS) is 11.6. The van der Waals surface area contributed by atoms with Crippen molar-refractivity contribution in [1.82, 2.24) is 0 Å². The van der Waals surface area contributed by atoms with Crippen molar-refractivity contribution in [1.29, 1.82) is 0 Å². The molecule has 0 bridgehead atoms. The van der Waals surface area contributed by atoms with E-state index in [0.29, 0.717) is 6.54 Å². The molecule has 2 N–H and O–H groups in total. The standard InChI is InChI=1S/C15H15F2N/c1-15(16,17)14-8-6-13(7-9-14)12-4-2-11(10-18)3-5-12/h2-9H,10,18H2,1H3. The number of hydrogen-bond acceptors (Lipinski definition) is 1. The van der Waals surface area contributed by atoms with E-state index >= 15 is 0 Å². The van der Waals surface area contributed by atoms with Crippen molar-refractivity contribution >= 4 is 0 Å². The van der Waals surface area contributed by atoms with Gasteiger partial charge in [-0.15, -0.1) is 0 Å². The van der Waals surface area contributed by atoms with Gasteiger partial charge in [0, 0.05) is 19.0 Å². The number of alkyl halides is 2. The highest BCUT2D eigenvalue weighted by atomic mass is 19.3. The van der Waals surface area contributed by atoms with Crippen molar-refractivity contribution in [2.45, 2.75) is 19.4 Å².